The first-order valence-corrected chi connectivity index (χ1v) is 8.10. The van der Waals surface area contributed by atoms with E-state index in [0.29, 0.717) is 26.2 Å². The SMILES string of the molecule is COCCCN(CCCS(=O)(=O)Cl)CCOC. The van der Waals surface area contributed by atoms with E-state index in [2.05, 4.69) is 4.90 Å². The van der Waals surface area contributed by atoms with Crippen LogP contribution in [-0.4, -0.2) is 66.1 Å². The van der Waals surface area contributed by atoms with Gasteiger partial charge in [-0.05, 0) is 19.4 Å². The van der Waals surface area contributed by atoms with E-state index in [1.807, 2.05) is 0 Å². The number of hydrogen-bond donors (Lipinski definition) is 0. The number of methoxy groups -OCH3 is 2. The van der Waals surface area contributed by atoms with E-state index in [1.165, 1.54) is 0 Å². The van der Waals surface area contributed by atoms with Gasteiger partial charge in [0.05, 0.1) is 12.4 Å². The van der Waals surface area contributed by atoms with Crippen LogP contribution in [0.4, 0.5) is 0 Å². The van der Waals surface area contributed by atoms with Crippen molar-refractivity contribution in [3.05, 3.63) is 0 Å². The lowest BCUT2D eigenvalue weighted by Crippen LogP contribution is -2.31. The van der Waals surface area contributed by atoms with E-state index in [1.54, 1.807) is 14.2 Å². The first-order chi connectivity index (χ1) is 7.99. The summed E-state index contributed by atoms with van der Waals surface area (Å²) in [6, 6.07) is 0. The molecule has 0 fully saturated rings. The lowest BCUT2D eigenvalue weighted by atomic mass is 10.3. The monoisotopic (exact) mass is 287 g/mol. The van der Waals surface area contributed by atoms with Crippen molar-refractivity contribution in [2.75, 3.05) is 52.8 Å². The molecular formula is C10H22ClNO4S. The summed E-state index contributed by atoms with van der Waals surface area (Å²) < 4.78 is 31.6. The highest BCUT2D eigenvalue weighted by Gasteiger charge is 2.08. The van der Waals surface area contributed by atoms with Crippen molar-refractivity contribution in [2.45, 2.75) is 12.8 Å². The Hall–Kier alpha value is 0.120. The van der Waals surface area contributed by atoms with Gasteiger partial charge in [0.15, 0.2) is 0 Å². The van der Waals surface area contributed by atoms with Crippen LogP contribution in [-0.2, 0) is 18.5 Å². The molecule has 17 heavy (non-hydrogen) atoms. The highest BCUT2D eigenvalue weighted by Crippen LogP contribution is 2.01. The Balaban J connectivity index is 3.83. The van der Waals surface area contributed by atoms with Gasteiger partial charge in [-0.1, -0.05) is 0 Å². The van der Waals surface area contributed by atoms with Crippen LogP contribution < -0.4 is 0 Å². The van der Waals surface area contributed by atoms with Crippen molar-refractivity contribution < 1.29 is 17.9 Å². The molecule has 5 nitrogen and oxygen atoms in total. The van der Waals surface area contributed by atoms with Gasteiger partial charge in [0.2, 0.25) is 9.05 Å². The van der Waals surface area contributed by atoms with E-state index in [4.69, 9.17) is 20.2 Å². The van der Waals surface area contributed by atoms with Gasteiger partial charge in [-0.3, -0.25) is 0 Å². The molecule has 0 rings (SSSR count). The molecule has 0 heterocycles. The summed E-state index contributed by atoms with van der Waals surface area (Å²) in [6.07, 6.45) is 1.47. The zero-order chi connectivity index (χ0) is 13.1. The van der Waals surface area contributed by atoms with Crippen LogP contribution in [0.1, 0.15) is 12.8 Å². The zero-order valence-corrected chi connectivity index (χ0v) is 12.1. The third-order valence-corrected chi connectivity index (χ3v) is 3.54. The molecule has 0 aliphatic rings. The molecule has 0 N–H and O–H groups in total. The molecule has 0 aromatic heterocycles. The van der Waals surface area contributed by atoms with E-state index >= 15 is 0 Å². The second-order valence-electron chi connectivity index (χ2n) is 3.78. The van der Waals surface area contributed by atoms with Crippen LogP contribution in [0.25, 0.3) is 0 Å². The first-order valence-electron chi connectivity index (χ1n) is 5.62. The summed E-state index contributed by atoms with van der Waals surface area (Å²) in [7, 11) is 5.10. The van der Waals surface area contributed by atoms with Gasteiger partial charge < -0.3 is 14.4 Å². The van der Waals surface area contributed by atoms with Crippen LogP contribution in [0.3, 0.4) is 0 Å². The van der Waals surface area contributed by atoms with Crippen molar-refractivity contribution >= 4 is 19.7 Å². The predicted molar refractivity (Wildman–Crippen MR) is 69.1 cm³/mol. The highest BCUT2D eigenvalue weighted by atomic mass is 35.7. The summed E-state index contributed by atoms with van der Waals surface area (Å²) in [4.78, 5) is 2.16. The van der Waals surface area contributed by atoms with E-state index in [9.17, 15) is 8.42 Å². The third kappa shape index (κ3) is 12.4. The Bertz CT molecular complexity index is 271. The van der Waals surface area contributed by atoms with Gasteiger partial charge >= 0.3 is 0 Å². The topological polar surface area (TPSA) is 55.8 Å². The summed E-state index contributed by atoms with van der Waals surface area (Å²) in [6.45, 7) is 3.72. The number of rotatable bonds is 11. The van der Waals surface area contributed by atoms with E-state index in [0.717, 1.165) is 19.5 Å². The number of hydrogen-bond acceptors (Lipinski definition) is 5. The molecule has 0 radical (unpaired) electrons. The normalized spacial score (nSPS) is 12.2. The second-order valence-corrected chi connectivity index (χ2v) is 6.67. The third-order valence-electron chi connectivity index (χ3n) is 2.30. The van der Waals surface area contributed by atoms with Crippen LogP contribution in [0.2, 0.25) is 0 Å². The standard InChI is InChI=1S/C10H22ClNO4S/c1-15-8-3-5-12(7-9-16-2)6-4-10-17(11,13)14/h3-10H2,1-2H3. The molecular weight excluding hydrogens is 266 g/mol. The van der Waals surface area contributed by atoms with Crippen LogP contribution in [0.5, 0.6) is 0 Å². The molecule has 0 aliphatic heterocycles. The molecule has 0 atom stereocenters. The molecule has 0 bridgehead atoms. The average Bonchev–Trinajstić information content (AvgIpc) is 2.23. The Morgan fingerprint density at radius 3 is 2.12 bits per heavy atom. The molecule has 0 amide bonds. The lowest BCUT2D eigenvalue weighted by Gasteiger charge is -2.21. The van der Waals surface area contributed by atoms with Gasteiger partial charge in [-0.25, -0.2) is 8.42 Å². The van der Waals surface area contributed by atoms with Crippen molar-refractivity contribution in [1.29, 1.82) is 0 Å². The van der Waals surface area contributed by atoms with Crippen molar-refractivity contribution in [1.82, 2.24) is 4.90 Å². The van der Waals surface area contributed by atoms with Crippen LogP contribution in [0.15, 0.2) is 0 Å². The smallest absolute Gasteiger partial charge is 0.232 e. The first kappa shape index (κ1) is 17.1. The average molecular weight is 288 g/mol. The number of ether oxygens (including phenoxy) is 2. The van der Waals surface area contributed by atoms with Crippen LogP contribution >= 0.6 is 10.7 Å². The molecule has 0 saturated carbocycles. The summed E-state index contributed by atoms with van der Waals surface area (Å²) >= 11 is 0. The van der Waals surface area contributed by atoms with E-state index in [-0.39, 0.29) is 5.75 Å². The molecule has 0 aromatic rings. The number of nitrogens with zero attached hydrogens (tertiary/aromatic N) is 1. The fourth-order valence-corrected chi connectivity index (χ4v) is 2.25. The minimum Gasteiger partial charge on any atom is -0.385 e. The molecule has 0 aliphatic carbocycles. The molecule has 0 saturated heterocycles. The molecule has 7 heteroatoms. The lowest BCUT2D eigenvalue weighted by molar-refractivity contribution is 0.133. The predicted octanol–water partition coefficient (Wildman–Crippen LogP) is 0.930. The maximum atomic E-state index is 10.8. The molecule has 0 aromatic carbocycles. The maximum absolute atomic E-state index is 10.8. The minimum absolute atomic E-state index is 0.0162. The van der Waals surface area contributed by atoms with Gasteiger partial charge in [0, 0.05) is 44.6 Å². The fraction of sp³-hybridized carbons (Fsp3) is 1.00. The van der Waals surface area contributed by atoms with Gasteiger partial charge in [-0.2, -0.15) is 0 Å². The zero-order valence-electron chi connectivity index (χ0n) is 10.5. The number of halogens is 1. The van der Waals surface area contributed by atoms with E-state index < -0.39 is 9.05 Å². The summed E-state index contributed by atoms with van der Waals surface area (Å²) in [5.74, 6) is 0.0162. The summed E-state index contributed by atoms with van der Waals surface area (Å²) in [5.41, 5.74) is 0. The minimum atomic E-state index is -3.38. The quantitative estimate of drug-likeness (QED) is 0.418. The van der Waals surface area contributed by atoms with Crippen LogP contribution in [0, 0.1) is 0 Å². The van der Waals surface area contributed by atoms with Crippen molar-refractivity contribution in [3.63, 3.8) is 0 Å². The maximum Gasteiger partial charge on any atom is 0.232 e. The molecule has 0 spiro atoms. The largest absolute Gasteiger partial charge is 0.385 e. The Morgan fingerprint density at radius 2 is 1.59 bits per heavy atom. The Labute approximate surface area is 108 Å². The Kier molecular flexibility index (Phi) is 10.2. The molecule has 0 unspecified atom stereocenters. The fourth-order valence-electron chi connectivity index (χ4n) is 1.45. The second kappa shape index (κ2) is 10.1. The van der Waals surface area contributed by atoms with Gasteiger partial charge in [0.1, 0.15) is 0 Å². The van der Waals surface area contributed by atoms with Crippen molar-refractivity contribution in [3.8, 4) is 0 Å². The molecule has 104 valence electrons. The van der Waals surface area contributed by atoms with Gasteiger partial charge in [0.25, 0.3) is 0 Å². The van der Waals surface area contributed by atoms with Gasteiger partial charge in [-0.15, -0.1) is 0 Å². The highest BCUT2D eigenvalue weighted by molar-refractivity contribution is 8.13. The Morgan fingerprint density at radius 1 is 1.00 bits per heavy atom. The van der Waals surface area contributed by atoms with Crippen molar-refractivity contribution in [2.24, 2.45) is 0 Å². The summed E-state index contributed by atoms with van der Waals surface area (Å²) in [5, 5.41) is 0.